The zero-order valence-electron chi connectivity index (χ0n) is 11.7. The second kappa shape index (κ2) is 5.54. The molecule has 0 bridgehead atoms. The summed E-state index contributed by atoms with van der Waals surface area (Å²) < 4.78 is 2.78. The molecule has 0 spiro atoms. The fourth-order valence-corrected chi connectivity index (χ4v) is 2.84. The van der Waals surface area contributed by atoms with Crippen molar-refractivity contribution in [2.45, 2.75) is 12.5 Å². The van der Waals surface area contributed by atoms with Gasteiger partial charge in [0.15, 0.2) is 0 Å². The molecule has 0 aromatic carbocycles. The van der Waals surface area contributed by atoms with E-state index in [4.69, 9.17) is 0 Å². The minimum atomic E-state index is 0.626. The highest BCUT2D eigenvalue weighted by Crippen LogP contribution is 2.21. The normalized spacial score (nSPS) is 19.0. The van der Waals surface area contributed by atoms with Gasteiger partial charge in [0.05, 0.1) is 11.9 Å². The molecule has 2 aromatic heterocycles. The molecule has 2 aromatic rings. The van der Waals surface area contributed by atoms with Crippen LogP contribution in [0.2, 0.25) is 0 Å². The Balaban J connectivity index is 1.74. The molecule has 1 atom stereocenters. The van der Waals surface area contributed by atoms with E-state index in [-0.39, 0.29) is 0 Å². The minimum absolute atomic E-state index is 0.626. The summed E-state index contributed by atoms with van der Waals surface area (Å²) in [6, 6.07) is 4.79. The van der Waals surface area contributed by atoms with Crippen LogP contribution in [0.25, 0.3) is 5.69 Å². The zero-order chi connectivity index (χ0) is 14.1. The van der Waals surface area contributed by atoms with Gasteiger partial charge in [-0.25, -0.2) is 9.97 Å². The van der Waals surface area contributed by atoms with Gasteiger partial charge in [0.1, 0.15) is 16.7 Å². The van der Waals surface area contributed by atoms with Gasteiger partial charge in [-0.1, -0.05) is 0 Å². The Morgan fingerprint density at radius 3 is 2.70 bits per heavy atom. The molecule has 1 saturated heterocycles. The molecule has 1 unspecified atom stereocenters. The van der Waals surface area contributed by atoms with Crippen molar-refractivity contribution in [2.24, 2.45) is 0 Å². The van der Waals surface area contributed by atoms with Gasteiger partial charge in [-0.3, -0.25) is 0 Å². The van der Waals surface area contributed by atoms with Crippen LogP contribution in [0.4, 0.5) is 5.82 Å². The quantitative estimate of drug-likeness (QED) is 0.861. The number of hydrogen-bond acceptors (Lipinski definition) is 4. The Hall–Kier alpha value is -1.40. The fourth-order valence-electron chi connectivity index (χ4n) is 2.53. The van der Waals surface area contributed by atoms with Crippen LogP contribution in [0.3, 0.4) is 0 Å². The van der Waals surface area contributed by atoms with Crippen molar-refractivity contribution >= 4 is 21.7 Å². The average molecular weight is 336 g/mol. The van der Waals surface area contributed by atoms with E-state index in [1.807, 2.05) is 17.0 Å². The molecule has 6 heteroatoms. The number of aromatic nitrogens is 3. The summed E-state index contributed by atoms with van der Waals surface area (Å²) in [5.74, 6) is 1.05. The molecule has 1 fully saturated rings. The van der Waals surface area contributed by atoms with Crippen molar-refractivity contribution in [3.05, 3.63) is 35.5 Å². The van der Waals surface area contributed by atoms with Crippen LogP contribution in [-0.2, 0) is 0 Å². The van der Waals surface area contributed by atoms with Gasteiger partial charge in [0, 0.05) is 25.3 Å². The van der Waals surface area contributed by atoms with Gasteiger partial charge in [0.25, 0.3) is 0 Å². The maximum absolute atomic E-state index is 4.58. The first-order valence-corrected chi connectivity index (χ1v) is 7.50. The van der Waals surface area contributed by atoms with Gasteiger partial charge in [-0.2, -0.15) is 0 Å². The Labute approximate surface area is 127 Å². The topological polar surface area (TPSA) is 37.2 Å². The smallest absolute Gasteiger partial charge is 0.128 e. The number of imidazole rings is 1. The highest BCUT2D eigenvalue weighted by molar-refractivity contribution is 9.10. The number of halogens is 1. The molecule has 1 aliphatic heterocycles. The zero-order valence-corrected chi connectivity index (χ0v) is 13.3. The molecule has 0 amide bonds. The Morgan fingerprint density at radius 1 is 1.30 bits per heavy atom. The molecule has 0 radical (unpaired) electrons. The number of likely N-dealkylation sites (N-methyl/N-ethyl adjacent to an activating group) is 1. The summed E-state index contributed by atoms with van der Waals surface area (Å²) in [7, 11) is 4.28. The van der Waals surface area contributed by atoms with E-state index < -0.39 is 0 Å². The number of rotatable bonds is 3. The standard InChI is InChI=1S/C14H18BrN5/c1-18(2)12-5-6-19(8-12)14-4-3-11(7-16-14)20-9-13(15)17-10-20/h3-4,7,9-10,12H,5-6,8H2,1-2H3. The van der Waals surface area contributed by atoms with Crippen molar-refractivity contribution in [1.29, 1.82) is 0 Å². The van der Waals surface area contributed by atoms with Crippen molar-refractivity contribution in [3.8, 4) is 5.69 Å². The molecule has 20 heavy (non-hydrogen) atoms. The first-order chi connectivity index (χ1) is 9.63. The molecule has 5 nitrogen and oxygen atoms in total. The third-order valence-corrected chi connectivity index (χ3v) is 4.21. The third-order valence-electron chi connectivity index (χ3n) is 3.80. The fraction of sp³-hybridized carbons (Fsp3) is 0.429. The molecular weight excluding hydrogens is 318 g/mol. The molecule has 3 heterocycles. The molecular formula is C14H18BrN5. The van der Waals surface area contributed by atoms with Gasteiger partial charge < -0.3 is 14.4 Å². The molecule has 1 aliphatic rings. The van der Waals surface area contributed by atoms with E-state index in [2.05, 4.69) is 61.9 Å². The van der Waals surface area contributed by atoms with Crippen LogP contribution in [0.15, 0.2) is 35.5 Å². The lowest BCUT2D eigenvalue weighted by Gasteiger charge is -2.21. The SMILES string of the molecule is CN(C)C1CCN(c2ccc(-n3cnc(Br)c3)cn2)C1. The van der Waals surface area contributed by atoms with E-state index in [9.17, 15) is 0 Å². The van der Waals surface area contributed by atoms with Crippen molar-refractivity contribution in [1.82, 2.24) is 19.4 Å². The molecule has 0 saturated carbocycles. The first-order valence-electron chi connectivity index (χ1n) is 6.71. The van der Waals surface area contributed by atoms with E-state index in [0.717, 1.165) is 29.2 Å². The maximum atomic E-state index is 4.58. The third kappa shape index (κ3) is 2.71. The lowest BCUT2D eigenvalue weighted by atomic mass is 10.2. The predicted molar refractivity (Wildman–Crippen MR) is 83.4 cm³/mol. The monoisotopic (exact) mass is 335 g/mol. The van der Waals surface area contributed by atoms with E-state index >= 15 is 0 Å². The largest absolute Gasteiger partial charge is 0.355 e. The van der Waals surface area contributed by atoms with Crippen molar-refractivity contribution in [3.63, 3.8) is 0 Å². The number of nitrogens with zero attached hydrogens (tertiary/aromatic N) is 5. The number of hydrogen-bond donors (Lipinski definition) is 0. The summed E-state index contributed by atoms with van der Waals surface area (Å²) in [5.41, 5.74) is 1.02. The molecule has 106 valence electrons. The van der Waals surface area contributed by atoms with E-state index in [1.54, 1.807) is 6.33 Å². The Kier molecular flexibility index (Phi) is 3.76. The number of pyridine rings is 1. The summed E-state index contributed by atoms with van der Waals surface area (Å²) in [6.45, 7) is 2.13. The number of anilines is 1. The second-order valence-electron chi connectivity index (χ2n) is 5.33. The predicted octanol–water partition coefficient (Wildman–Crippen LogP) is 2.17. The lowest BCUT2D eigenvalue weighted by Crippen LogP contribution is -2.31. The van der Waals surface area contributed by atoms with Crippen molar-refractivity contribution in [2.75, 3.05) is 32.1 Å². The Morgan fingerprint density at radius 2 is 2.15 bits per heavy atom. The Bertz CT molecular complexity index is 578. The van der Waals surface area contributed by atoms with E-state index in [0.29, 0.717) is 6.04 Å². The highest BCUT2D eigenvalue weighted by atomic mass is 79.9. The molecule has 3 rings (SSSR count). The van der Waals surface area contributed by atoms with Crippen LogP contribution >= 0.6 is 15.9 Å². The second-order valence-corrected chi connectivity index (χ2v) is 6.14. The van der Waals surface area contributed by atoms with E-state index in [1.165, 1.54) is 6.42 Å². The van der Waals surface area contributed by atoms with Gasteiger partial charge >= 0.3 is 0 Å². The van der Waals surface area contributed by atoms with Gasteiger partial charge in [-0.05, 0) is 48.6 Å². The summed E-state index contributed by atoms with van der Waals surface area (Å²) in [6.07, 6.45) is 6.80. The van der Waals surface area contributed by atoms with Crippen LogP contribution in [0.1, 0.15) is 6.42 Å². The van der Waals surface area contributed by atoms with Crippen LogP contribution < -0.4 is 4.90 Å². The van der Waals surface area contributed by atoms with Crippen LogP contribution in [0.5, 0.6) is 0 Å². The molecule has 0 aliphatic carbocycles. The maximum Gasteiger partial charge on any atom is 0.128 e. The minimum Gasteiger partial charge on any atom is -0.355 e. The summed E-state index contributed by atoms with van der Waals surface area (Å²) in [4.78, 5) is 13.4. The lowest BCUT2D eigenvalue weighted by molar-refractivity contribution is 0.315. The van der Waals surface area contributed by atoms with Crippen LogP contribution in [0, 0.1) is 0 Å². The first kappa shape index (κ1) is 13.6. The summed E-state index contributed by atoms with van der Waals surface area (Å²) in [5, 5.41) is 0. The van der Waals surface area contributed by atoms with Crippen molar-refractivity contribution < 1.29 is 0 Å². The van der Waals surface area contributed by atoms with Gasteiger partial charge in [0.2, 0.25) is 0 Å². The van der Waals surface area contributed by atoms with Crippen LogP contribution in [-0.4, -0.2) is 52.7 Å². The highest BCUT2D eigenvalue weighted by Gasteiger charge is 2.24. The average Bonchev–Trinajstić information content (AvgIpc) is 3.08. The molecule has 0 N–H and O–H groups in total. The van der Waals surface area contributed by atoms with Gasteiger partial charge in [-0.15, -0.1) is 0 Å². The summed E-state index contributed by atoms with van der Waals surface area (Å²) >= 11 is 3.35.